The highest BCUT2D eigenvalue weighted by atomic mass is 35.5. The maximum absolute atomic E-state index is 6.29. The molecule has 0 radical (unpaired) electrons. The van der Waals surface area contributed by atoms with Crippen molar-refractivity contribution in [2.75, 3.05) is 7.05 Å². The number of hydrogen-bond acceptors (Lipinski definition) is 2. The van der Waals surface area contributed by atoms with E-state index in [0.29, 0.717) is 12.0 Å². The van der Waals surface area contributed by atoms with Gasteiger partial charge in [0.25, 0.3) is 0 Å². The molecule has 1 unspecified atom stereocenters. The van der Waals surface area contributed by atoms with E-state index >= 15 is 0 Å². The van der Waals surface area contributed by atoms with E-state index in [0.717, 1.165) is 14.6 Å². The van der Waals surface area contributed by atoms with Gasteiger partial charge in [-0.3, -0.25) is 0 Å². The van der Waals surface area contributed by atoms with Crippen molar-refractivity contribution in [1.82, 2.24) is 5.32 Å². The predicted molar refractivity (Wildman–Crippen MR) is 81.9 cm³/mol. The third kappa shape index (κ3) is 3.22. The molecule has 102 valence electrons. The summed E-state index contributed by atoms with van der Waals surface area (Å²) in [6, 6.07) is 2.39. The molecule has 1 aromatic heterocycles. The second kappa shape index (κ2) is 6.60. The van der Waals surface area contributed by atoms with Crippen LogP contribution in [0.4, 0.5) is 0 Å². The largest absolute Gasteiger partial charge is 0.313 e. The summed E-state index contributed by atoms with van der Waals surface area (Å²) in [5, 5.41) is 3.44. The topological polar surface area (TPSA) is 12.0 Å². The van der Waals surface area contributed by atoms with Gasteiger partial charge in [-0.25, -0.2) is 0 Å². The summed E-state index contributed by atoms with van der Waals surface area (Å²) in [6.45, 7) is 2.30. The zero-order valence-electron chi connectivity index (χ0n) is 11.0. The highest BCUT2D eigenvalue weighted by Crippen LogP contribution is 2.42. The molecule has 0 amide bonds. The lowest BCUT2D eigenvalue weighted by Crippen LogP contribution is -2.28. The Morgan fingerprint density at radius 3 is 2.44 bits per heavy atom. The first-order chi connectivity index (χ1) is 8.65. The fraction of sp³-hybridized carbons (Fsp3) is 0.714. The maximum atomic E-state index is 6.29. The van der Waals surface area contributed by atoms with Gasteiger partial charge < -0.3 is 5.32 Å². The number of thiophene rings is 1. The van der Waals surface area contributed by atoms with Crippen molar-refractivity contribution in [2.24, 2.45) is 11.8 Å². The van der Waals surface area contributed by atoms with E-state index in [4.69, 9.17) is 23.2 Å². The summed E-state index contributed by atoms with van der Waals surface area (Å²) in [5.41, 5.74) is 1.19. The van der Waals surface area contributed by atoms with Crippen LogP contribution < -0.4 is 5.32 Å². The Balaban J connectivity index is 2.08. The third-order valence-corrected chi connectivity index (χ3v) is 5.79. The lowest BCUT2D eigenvalue weighted by Gasteiger charge is -2.33. The fourth-order valence-corrected chi connectivity index (χ4v) is 4.69. The van der Waals surface area contributed by atoms with Gasteiger partial charge in [-0.1, -0.05) is 49.4 Å². The van der Waals surface area contributed by atoms with Crippen LogP contribution in [-0.2, 0) is 0 Å². The minimum Gasteiger partial charge on any atom is -0.313 e. The lowest BCUT2D eigenvalue weighted by molar-refractivity contribution is 0.224. The van der Waals surface area contributed by atoms with Gasteiger partial charge in [0.15, 0.2) is 0 Å². The monoisotopic (exact) mass is 305 g/mol. The van der Waals surface area contributed by atoms with Gasteiger partial charge in [0.1, 0.15) is 0 Å². The zero-order chi connectivity index (χ0) is 13.1. The molecule has 0 spiro atoms. The quantitative estimate of drug-likeness (QED) is 0.771. The Morgan fingerprint density at radius 2 is 2.00 bits per heavy atom. The average Bonchev–Trinajstić information content (AvgIpc) is 2.70. The number of rotatable bonds is 4. The molecule has 1 nitrogen and oxygen atoms in total. The summed E-state index contributed by atoms with van der Waals surface area (Å²) >= 11 is 13.8. The van der Waals surface area contributed by atoms with Crippen molar-refractivity contribution in [3.05, 3.63) is 20.3 Å². The van der Waals surface area contributed by atoms with Crippen LogP contribution in [-0.4, -0.2) is 7.05 Å². The Hall–Kier alpha value is 0.240. The number of nitrogens with one attached hydrogen (secondary N) is 1. The molecule has 0 aromatic carbocycles. The van der Waals surface area contributed by atoms with Crippen molar-refractivity contribution in [3.8, 4) is 0 Å². The van der Waals surface area contributed by atoms with E-state index in [9.17, 15) is 0 Å². The van der Waals surface area contributed by atoms with Crippen LogP contribution >= 0.6 is 34.5 Å². The molecule has 1 atom stereocenters. The van der Waals surface area contributed by atoms with Crippen LogP contribution in [0.2, 0.25) is 8.67 Å². The standard InChI is InChI=1S/C14H21Cl2NS/c1-3-9-4-6-10(7-5-9)13(17-2)11-8-12(15)18-14(11)16/h8-10,13,17H,3-7H2,1-2H3. The van der Waals surface area contributed by atoms with Gasteiger partial charge in [0.2, 0.25) is 0 Å². The molecule has 0 bridgehead atoms. The second-order valence-corrected chi connectivity index (χ2v) is 7.52. The van der Waals surface area contributed by atoms with Gasteiger partial charge >= 0.3 is 0 Å². The van der Waals surface area contributed by atoms with Crippen LogP contribution in [0.5, 0.6) is 0 Å². The van der Waals surface area contributed by atoms with Crippen LogP contribution in [0, 0.1) is 11.8 Å². The normalized spacial score (nSPS) is 26.2. The maximum Gasteiger partial charge on any atom is 0.0992 e. The summed E-state index contributed by atoms with van der Waals surface area (Å²) in [7, 11) is 2.03. The molecule has 0 saturated heterocycles. The SMILES string of the molecule is CCC1CCC(C(NC)c2cc(Cl)sc2Cl)CC1. The molecule has 0 aliphatic heterocycles. The van der Waals surface area contributed by atoms with Crippen molar-refractivity contribution in [1.29, 1.82) is 0 Å². The number of hydrogen-bond donors (Lipinski definition) is 1. The molecule has 1 aliphatic rings. The van der Waals surface area contributed by atoms with Crippen molar-refractivity contribution < 1.29 is 0 Å². The molecule has 1 aromatic rings. The van der Waals surface area contributed by atoms with Crippen LogP contribution in [0.15, 0.2) is 6.07 Å². The van der Waals surface area contributed by atoms with Crippen LogP contribution in [0.3, 0.4) is 0 Å². The second-order valence-electron chi connectivity index (χ2n) is 5.23. The van der Waals surface area contributed by atoms with E-state index in [-0.39, 0.29) is 0 Å². The van der Waals surface area contributed by atoms with Crippen molar-refractivity contribution >= 4 is 34.5 Å². The van der Waals surface area contributed by atoms with E-state index in [1.54, 1.807) is 0 Å². The highest BCUT2D eigenvalue weighted by Gasteiger charge is 2.29. The van der Waals surface area contributed by atoms with E-state index in [1.165, 1.54) is 49.0 Å². The fourth-order valence-electron chi connectivity index (χ4n) is 3.14. The number of halogens is 2. The molecule has 1 fully saturated rings. The highest BCUT2D eigenvalue weighted by molar-refractivity contribution is 7.20. The summed E-state index contributed by atoms with van der Waals surface area (Å²) in [6.07, 6.45) is 6.63. The summed E-state index contributed by atoms with van der Waals surface area (Å²) < 4.78 is 1.63. The first kappa shape index (κ1) is 14.6. The Morgan fingerprint density at radius 1 is 1.33 bits per heavy atom. The summed E-state index contributed by atoms with van der Waals surface area (Å²) in [5.74, 6) is 1.63. The zero-order valence-corrected chi connectivity index (χ0v) is 13.3. The lowest BCUT2D eigenvalue weighted by atomic mass is 9.76. The smallest absolute Gasteiger partial charge is 0.0992 e. The van der Waals surface area contributed by atoms with Crippen molar-refractivity contribution in [2.45, 2.75) is 45.1 Å². The molecule has 1 heterocycles. The first-order valence-corrected chi connectivity index (χ1v) is 8.35. The van der Waals surface area contributed by atoms with Gasteiger partial charge in [-0.2, -0.15) is 0 Å². The molecule has 18 heavy (non-hydrogen) atoms. The Kier molecular flexibility index (Phi) is 5.37. The molecular formula is C14H21Cl2NS. The Labute approximate surface area is 124 Å². The van der Waals surface area contributed by atoms with Gasteiger partial charge in [-0.15, -0.1) is 11.3 Å². The van der Waals surface area contributed by atoms with E-state index in [2.05, 4.69) is 12.2 Å². The Bertz CT molecular complexity index is 383. The molecule has 1 N–H and O–H groups in total. The van der Waals surface area contributed by atoms with Gasteiger partial charge in [0.05, 0.1) is 8.67 Å². The van der Waals surface area contributed by atoms with E-state index in [1.807, 2.05) is 13.1 Å². The minimum absolute atomic E-state index is 0.360. The van der Waals surface area contributed by atoms with Crippen LogP contribution in [0.25, 0.3) is 0 Å². The molecule has 4 heteroatoms. The molecular weight excluding hydrogens is 285 g/mol. The van der Waals surface area contributed by atoms with Crippen molar-refractivity contribution in [3.63, 3.8) is 0 Å². The molecule has 1 aliphatic carbocycles. The molecule has 2 rings (SSSR count). The molecule has 1 saturated carbocycles. The van der Waals surface area contributed by atoms with Gasteiger partial charge in [0, 0.05) is 11.6 Å². The van der Waals surface area contributed by atoms with Crippen LogP contribution in [0.1, 0.15) is 50.6 Å². The average molecular weight is 306 g/mol. The minimum atomic E-state index is 0.360. The first-order valence-electron chi connectivity index (χ1n) is 6.77. The van der Waals surface area contributed by atoms with E-state index < -0.39 is 0 Å². The van der Waals surface area contributed by atoms with Gasteiger partial charge in [-0.05, 0) is 37.8 Å². The third-order valence-electron chi connectivity index (χ3n) is 4.27. The summed E-state index contributed by atoms with van der Waals surface area (Å²) in [4.78, 5) is 0. The predicted octanol–water partition coefficient (Wildman–Crippen LogP) is 5.53.